The fourth-order valence-corrected chi connectivity index (χ4v) is 6.07. The van der Waals surface area contributed by atoms with Crippen LogP contribution in [0, 0.1) is 29.6 Å². The molecule has 4 bridgehead atoms. The van der Waals surface area contributed by atoms with E-state index < -0.39 is 0 Å². The van der Waals surface area contributed by atoms with E-state index in [1.165, 1.54) is 32.1 Å². The average molecular weight is 235 g/mol. The highest BCUT2D eigenvalue weighted by Crippen LogP contribution is 2.60. The predicted molar refractivity (Wildman–Crippen MR) is 67.8 cm³/mol. The molecule has 96 valence electrons. The van der Waals surface area contributed by atoms with Crippen molar-refractivity contribution >= 4 is 0 Å². The van der Waals surface area contributed by atoms with Crippen molar-refractivity contribution in [2.24, 2.45) is 29.6 Å². The number of methoxy groups -OCH3 is 1. The second kappa shape index (κ2) is 3.71. The molecule has 1 aliphatic heterocycles. The number of ether oxygens (including phenoxy) is 1. The minimum atomic E-state index is 0.197. The van der Waals surface area contributed by atoms with Crippen LogP contribution in [0.4, 0.5) is 0 Å². The molecule has 0 aromatic heterocycles. The van der Waals surface area contributed by atoms with Crippen LogP contribution in [0.3, 0.4) is 0 Å². The summed E-state index contributed by atoms with van der Waals surface area (Å²) < 4.78 is 6.06. The largest absolute Gasteiger partial charge is 0.377 e. The summed E-state index contributed by atoms with van der Waals surface area (Å²) in [4.78, 5) is 0. The summed E-state index contributed by atoms with van der Waals surface area (Å²) in [5.74, 6) is 5.02. The summed E-state index contributed by atoms with van der Waals surface area (Å²) in [5.41, 5.74) is 0.197. The van der Waals surface area contributed by atoms with Gasteiger partial charge < -0.3 is 10.1 Å². The molecular weight excluding hydrogens is 210 g/mol. The summed E-state index contributed by atoms with van der Waals surface area (Å²) in [5, 5.41) is 3.55. The molecule has 2 heteroatoms. The Balaban J connectivity index is 1.65. The van der Waals surface area contributed by atoms with E-state index in [0.717, 1.165) is 42.7 Å². The van der Waals surface area contributed by atoms with E-state index in [9.17, 15) is 0 Å². The average Bonchev–Trinajstić information content (AvgIpc) is 2.77. The van der Waals surface area contributed by atoms with Gasteiger partial charge in [0.05, 0.1) is 5.60 Å². The molecule has 5 aliphatic rings. The van der Waals surface area contributed by atoms with E-state index in [2.05, 4.69) is 5.32 Å². The standard InChI is InChI=1S/C15H25NO/c1-17-15(2-3-16-9-15)14-12-5-10-4-11(7-12)8-13(14)6-10/h10-14,16H,2-9H2,1H3. The summed E-state index contributed by atoms with van der Waals surface area (Å²) in [7, 11) is 1.96. The number of rotatable bonds is 2. The molecule has 0 aromatic carbocycles. The van der Waals surface area contributed by atoms with Crippen LogP contribution in [0.15, 0.2) is 0 Å². The fraction of sp³-hybridized carbons (Fsp3) is 1.00. The first-order valence-electron chi connectivity index (χ1n) is 7.56. The van der Waals surface area contributed by atoms with Gasteiger partial charge in [0.25, 0.3) is 0 Å². The van der Waals surface area contributed by atoms with Crippen LogP contribution < -0.4 is 5.32 Å². The van der Waals surface area contributed by atoms with E-state index >= 15 is 0 Å². The zero-order valence-electron chi connectivity index (χ0n) is 11.0. The smallest absolute Gasteiger partial charge is 0.0847 e. The highest BCUT2D eigenvalue weighted by Gasteiger charge is 2.56. The quantitative estimate of drug-likeness (QED) is 0.794. The van der Waals surface area contributed by atoms with Gasteiger partial charge in [-0.15, -0.1) is 0 Å². The minimum absolute atomic E-state index is 0.197. The topological polar surface area (TPSA) is 21.3 Å². The third-order valence-electron chi connectivity index (χ3n) is 6.39. The molecule has 1 saturated heterocycles. The summed E-state index contributed by atoms with van der Waals surface area (Å²) >= 11 is 0. The molecule has 1 unspecified atom stereocenters. The Bertz CT molecular complexity index is 280. The Morgan fingerprint density at radius 1 is 1.00 bits per heavy atom. The van der Waals surface area contributed by atoms with Crippen molar-refractivity contribution in [3.05, 3.63) is 0 Å². The van der Waals surface area contributed by atoms with Crippen LogP contribution in [0.5, 0.6) is 0 Å². The van der Waals surface area contributed by atoms with Crippen molar-refractivity contribution in [3.8, 4) is 0 Å². The minimum Gasteiger partial charge on any atom is -0.377 e. The van der Waals surface area contributed by atoms with E-state index in [4.69, 9.17) is 4.74 Å². The molecule has 4 saturated carbocycles. The van der Waals surface area contributed by atoms with E-state index in [1.807, 2.05) is 7.11 Å². The Morgan fingerprint density at radius 3 is 2.12 bits per heavy atom. The lowest BCUT2D eigenvalue weighted by Crippen LogP contribution is -2.56. The molecule has 1 atom stereocenters. The second-order valence-corrected chi connectivity index (χ2v) is 7.15. The van der Waals surface area contributed by atoms with Gasteiger partial charge in [0.15, 0.2) is 0 Å². The third kappa shape index (κ3) is 1.46. The Morgan fingerprint density at radius 2 is 1.65 bits per heavy atom. The number of nitrogens with one attached hydrogen (secondary N) is 1. The lowest BCUT2D eigenvalue weighted by Gasteiger charge is -2.58. The molecule has 5 fully saturated rings. The lowest BCUT2D eigenvalue weighted by atomic mass is 9.48. The van der Waals surface area contributed by atoms with Crippen LogP contribution >= 0.6 is 0 Å². The van der Waals surface area contributed by atoms with E-state index in [0.29, 0.717) is 0 Å². The van der Waals surface area contributed by atoms with Crippen LogP contribution in [0.2, 0.25) is 0 Å². The first kappa shape index (κ1) is 10.8. The van der Waals surface area contributed by atoms with Crippen molar-refractivity contribution in [2.75, 3.05) is 20.2 Å². The zero-order valence-corrected chi connectivity index (χ0v) is 11.0. The van der Waals surface area contributed by atoms with Gasteiger partial charge >= 0.3 is 0 Å². The maximum Gasteiger partial charge on any atom is 0.0847 e. The Labute approximate surface area is 104 Å². The Hall–Kier alpha value is -0.0800. The molecule has 0 aromatic rings. The molecular formula is C15H25NO. The van der Waals surface area contributed by atoms with Gasteiger partial charge in [-0.25, -0.2) is 0 Å². The highest BCUT2D eigenvalue weighted by molar-refractivity contribution is 5.07. The predicted octanol–water partition coefficient (Wildman–Crippen LogP) is 2.44. The van der Waals surface area contributed by atoms with Crippen molar-refractivity contribution in [2.45, 2.75) is 44.1 Å². The van der Waals surface area contributed by atoms with Gasteiger partial charge in [-0.05, 0) is 74.7 Å². The molecule has 17 heavy (non-hydrogen) atoms. The van der Waals surface area contributed by atoms with Crippen LogP contribution in [0.25, 0.3) is 0 Å². The van der Waals surface area contributed by atoms with Crippen molar-refractivity contribution < 1.29 is 4.74 Å². The molecule has 0 radical (unpaired) electrons. The number of hydrogen-bond acceptors (Lipinski definition) is 2. The highest BCUT2D eigenvalue weighted by atomic mass is 16.5. The molecule has 1 N–H and O–H groups in total. The molecule has 0 amide bonds. The molecule has 0 spiro atoms. The molecule has 1 heterocycles. The second-order valence-electron chi connectivity index (χ2n) is 7.15. The monoisotopic (exact) mass is 235 g/mol. The van der Waals surface area contributed by atoms with Gasteiger partial charge in [-0.2, -0.15) is 0 Å². The molecule has 5 rings (SSSR count). The van der Waals surface area contributed by atoms with Crippen LogP contribution in [-0.2, 0) is 4.74 Å². The first-order chi connectivity index (χ1) is 8.31. The summed E-state index contributed by atoms with van der Waals surface area (Å²) in [6.07, 6.45) is 8.87. The van der Waals surface area contributed by atoms with Gasteiger partial charge in [-0.1, -0.05) is 0 Å². The maximum absolute atomic E-state index is 6.06. The third-order valence-corrected chi connectivity index (χ3v) is 6.39. The van der Waals surface area contributed by atoms with E-state index in [1.54, 1.807) is 6.42 Å². The number of hydrogen-bond donors (Lipinski definition) is 1. The summed E-state index contributed by atoms with van der Waals surface area (Å²) in [6.45, 7) is 2.27. The van der Waals surface area contributed by atoms with Crippen LogP contribution in [0.1, 0.15) is 38.5 Å². The van der Waals surface area contributed by atoms with Gasteiger partial charge in [0, 0.05) is 13.7 Å². The normalized spacial score (nSPS) is 56.6. The fourth-order valence-electron chi connectivity index (χ4n) is 6.07. The first-order valence-corrected chi connectivity index (χ1v) is 7.56. The molecule has 4 aliphatic carbocycles. The molecule has 2 nitrogen and oxygen atoms in total. The zero-order chi connectivity index (χ0) is 11.5. The van der Waals surface area contributed by atoms with Crippen LogP contribution in [-0.4, -0.2) is 25.8 Å². The van der Waals surface area contributed by atoms with Gasteiger partial charge in [0.1, 0.15) is 0 Å². The van der Waals surface area contributed by atoms with Crippen molar-refractivity contribution in [3.63, 3.8) is 0 Å². The van der Waals surface area contributed by atoms with Crippen molar-refractivity contribution in [1.29, 1.82) is 0 Å². The van der Waals surface area contributed by atoms with Crippen molar-refractivity contribution in [1.82, 2.24) is 5.32 Å². The SMILES string of the molecule is COC1(C2C3CC4CC(C3)CC2C4)CCNC1. The van der Waals surface area contributed by atoms with Gasteiger partial charge in [-0.3, -0.25) is 0 Å². The lowest BCUT2D eigenvalue weighted by molar-refractivity contribution is -0.148. The Kier molecular flexibility index (Phi) is 2.36. The maximum atomic E-state index is 6.06. The van der Waals surface area contributed by atoms with Gasteiger partial charge in [0.2, 0.25) is 0 Å². The van der Waals surface area contributed by atoms with E-state index in [-0.39, 0.29) is 5.60 Å². The summed E-state index contributed by atoms with van der Waals surface area (Å²) in [6, 6.07) is 0.